The second-order valence-electron chi connectivity index (χ2n) is 5.98. The summed E-state index contributed by atoms with van der Waals surface area (Å²) in [5.41, 5.74) is 2.47. The molecule has 0 bridgehead atoms. The molecule has 0 atom stereocenters. The molecule has 0 unspecified atom stereocenters. The van der Waals surface area contributed by atoms with Gasteiger partial charge in [-0.1, -0.05) is 44.5 Å². The van der Waals surface area contributed by atoms with Crippen LogP contribution in [0.2, 0.25) is 0 Å². The second kappa shape index (κ2) is 9.58. The molecule has 2 aromatic rings. The first-order valence-corrected chi connectivity index (χ1v) is 9.80. The van der Waals surface area contributed by atoms with Crippen molar-refractivity contribution in [2.24, 2.45) is 0 Å². The number of hydrogen-bond donors (Lipinski definition) is 0. The van der Waals surface area contributed by atoms with Crippen molar-refractivity contribution in [2.45, 2.75) is 46.6 Å². The molecule has 24 heavy (non-hydrogen) atoms. The van der Waals surface area contributed by atoms with Crippen molar-refractivity contribution in [1.82, 2.24) is 4.90 Å². The Balaban J connectivity index is 2.10. The van der Waals surface area contributed by atoms with E-state index in [-0.39, 0.29) is 5.91 Å². The van der Waals surface area contributed by atoms with Crippen LogP contribution >= 0.6 is 11.8 Å². The number of benzene rings is 1. The zero-order chi connectivity index (χ0) is 17.4. The summed E-state index contributed by atoms with van der Waals surface area (Å²) in [5.74, 6) is 2.93. The molecule has 0 radical (unpaired) electrons. The van der Waals surface area contributed by atoms with Crippen LogP contribution in [0.1, 0.15) is 54.1 Å². The molecule has 1 heterocycles. The molecule has 0 aliphatic carbocycles. The predicted octanol–water partition coefficient (Wildman–Crippen LogP) is 5.28. The zero-order valence-corrected chi connectivity index (χ0v) is 15.7. The molecule has 0 fully saturated rings. The van der Waals surface area contributed by atoms with Gasteiger partial charge in [-0.3, -0.25) is 4.79 Å². The fourth-order valence-corrected chi connectivity index (χ4v) is 3.52. The summed E-state index contributed by atoms with van der Waals surface area (Å²) in [7, 11) is 0. The maximum atomic E-state index is 12.8. The molecule has 2 rings (SSSR count). The van der Waals surface area contributed by atoms with Crippen molar-refractivity contribution >= 4 is 17.7 Å². The monoisotopic (exact) mass is 345 g/mol. The van der Waals surface area contributed by atoms with Crippen LogP contribution in [0.5, 0.6) is 0 Å². The highest BCUT2D eigenvalue weighted by Gasteiger charge is 2.19. The Morgan fingerprint density at radius 2 is 1.96 bits per heavy atom. The average molecular weight is 346 g/mol. The number of carbonyl (C=O) groups is 1. The lowest BCUT2D eigenvalue weighted by Crippen LogP contribution is -2.30. The number of unbranched alkanes of at least 4 members (excludes halogenated alkanes) is 1. The van der Waals surface area contributed by atoms with Gasteiger partial charge in [-0.05, 0) is 48.8 Å². The van der Waals surface area contributed by atoms with E-state index >= 15 is 0 Å². The number of rotatable bonds is 9. The Labute approximate surface area is 149 Å². The number of hydrogen-bond acceptors (Lipinski definition) is 3. The van der Waals surface area contributed by atoms with Gasteiger partial charge < -0.3 is 9.32 Å². The third kappa shape index (κ3) is 5.45. The molecule has 1 aromatic carbocycles. The van der Waals surface area contributed by atoms with E-state index < -0.39 is 0 Å². The molecule has 130 valence electrons. The average Bonchev–Trinajstić information content (AvgIpc) is 3.03. The number of carbonyl (C=O) groups excluding carboxylic acids is 1. The van der Waals surface area contributed by atoms with Gasteiger partial charge in [-0.15, -0.1) is 11.8 Å². The van der Waals surface area contributed by atoms with Crippen LogP contribution in [0.3, 0.4) is 0 Å². The SMILES string of the molecule is CCCCSCN(Cc1cccc(CC)c1)C(=O)c1ccc(C)o1. The fraction of sp³-hybridized carbons (Fsp3) is 0.450. The van der Waals surface area contributed by atoms with E-state index in [1.165, 1.54) is 24.0 Å². The first-order chi connectivity index (χ1) is 11.6. The standard InChI is InChI=1S/C20H27NO2S/c1-4-6-12-24-15-21(20(22)19-11-10-16(3)23-19)14-18-9-7-8-17(5-2)13-18/h7-11,13H,4-6,12,14-15H2,1-3H3. The van der Waals surface area contributed by atoms with Crippen LogP contribution < -0.4 is 0 Å². The molecular weight excluding hydrogens is 318 g/mol. The maximum Gasteiger partial charge on any atom is 0.290 e. The van der Waals surface area contributed by atoms with Gasteiger partial charge in [0.2, 0.25) is 0 Å². The smallest absolute Gasteiger partial charge is 0.290 e. The van der Waals surface area contributed by atoms with Crippen LogP contribution in [0.15, 0.2) is 40.8 Å². The minimum absolute atomic E-state index is 0.0333. The lowest BCUT2D eigenvalue weighted by atomic mass is 10.1. The third-order valence-corrected chi connectivity index (χ3v) is 4.97. The maximum absolute atomic E-state index is 12.8. The van der Waals surface area contributed by atoms with E-state index in [1.54, 1.807) is 6.07 Å². The van der Waals surface area contributed by atoms with Gasteiger partial charge in [-0.2, -0.15) is 0 Å². The lowest BCUT2D eigenvalue weighted by Gasteiger charge is -2.22. The normalized spacial score (nSPS) is 10.8. The molecule has 0 saturated heterocycles. The Bertz CT molecular complexity index is 651. The molecule has 0 aliphatic heterocycles. The van der Waals surface area contributed by atoms with Gasteiger partial charge in [0.05, 0.1) is 5.88 Å². The highest BCUT2D eigenvalue weighted by molar-refractivity contribution is 7.99. The second-order valence-corrected chi connectivity index (χ2v) is 7.05. The molecule has 0 spiro atoms. The number of nitrogens with zero attached hydrogens (tertiary/aromatic N) is 1. The topological polar surface area (TPSA) is 33.5 Å². The van der Waals surface area contributed by atoms with Gasteiger partial charge in [0.25, 0.3) is 5.91 Å². The van der Waals surface area contributed by atoms with Crippen LogP contribution in [-0.2, 0) is 13.0 Å². The van der Waals surface area contributed by atoms with Gasteiger partial charge in [-0.25, -0.2) is 0 Å². The highest BCUT2D eigenvalue weighted by atomic mass is 32.2. The van der Waals surface area contributed by atoms with Crippen LogP contribution in [0, 0.1) is 6.92 Å². The van der Waals surface area contributed by atoms with Crippen molar-refractivity contribution in [2.75, 3.05) is 11.6 Å². The first kappa shape index (κ1) is 18.7. The van der Waals surface area contributed by atoms with E-state index in [1.807, 2.05) is 29.7 Å². The van der Waals surface area contributed by atoms with Crippen molar-refractivity contribution < 1.29 is 9.21 Å². The van der Waals surface area contributed by atoms with Crippen molar-refractivity contribution in [3.05, 3.63) is 59.0 Å². The number of furan rings is 1. The summed E-state index contributed by atoms with van der Waals surface area (Å²) in [6, 6.07) is 12.1. The zero-order valence-electron chi connectivity index (χ0n) is 14.9. The summed E-state index contributed by atoms with van der Waals surface area (Å²) < 4.78 is 5.54. The summed E-state index contributed by atoms with van der Waals surface area (Å²) in [6.45, 7) is 6.81. The molecule has 4 heteroatoms. The molecular formula is C20H27NO2S. The van der Waals surface area contributed by atoms with Gasteiger partial charge in [0, 0.05) is 6.54 Å². The van der Waals surface area contributed by atoms with Gasteiger partial charge >= 0.3 is 0 Å². The molecule has 3 nitrogen and oxygen atoms in total. The largest absolute Gasteiger partial charge is 0.456 e. The Kier molecular flexibility index (Phi) is 7.44. The summed E-state index contributed by atoms with van der Waals surface area (Å²) in [6.07, 6.45) is 3.36. The van der Waals surface area contributed by atoms with E-state index in [0.717, 1.165) is 17.9 Å². The fourth-order valence-electron chi connectivity index (χ4n) is 2.47. The van der Waals surface area contributed by atoms with E-state index in [4.69, 9.17) is 4.42 Å². The highest BCUT2D eigenvalue weighted by Crippen LogP contribution is 2.17. The Hall–Kier alpha value is -1.68. The molecule has 0 N–H and O–H groups in total. The Morgan fingerprint density at radius 3 is 2.62 bits per heavy atom. The summed E-state index contributed by atoms with van der Waals surface area (Å²) in [4.78, 5) is 14.7. The molecule has 1 amide bonds. The lowest BCUT2D eigenvalue weighted by molar-refractivity contribution is 0.0742. The predicted molar refractivity (Wildman–Crippen MR) is 101 cm³/mol. The molecule has 0 saturated carbocycles. The van der Waals surface area contributed by atoms with Gasteiger partial charge in [0.1, 0.15) is 5.76 Å². The molecule has 0 aliphatic rings. The van der Waals surface area contributed by atoms with Crippen LogP contribution in [-0.4, -0.2) is 22.4 Å². The number of aryl methyl sites for hydroxylation is 2. The summed E-state index contributed by atoms with van der Waals surface area (Å²) >= 11 is 1.81. The van der Waals surface area contributed by atoms with E-state index in [0.29, 0.717) is 18.2 Å². The van der Waals surface area contributed by atoms with Gasteiger partial charge in [0.15, 0.2) is 5.76 Å². The van der Waals surface area contributed by atoms with Crippen molar-refractivity contribution in [3.8, 4) is 0 Å². The quantitative estimate of drug-likeness (QED) is 0.458. The Morgan fingerprint density at radius 1 is 1.17 bits per heavy atom. The molecule has 1 aromatic heterocycles. The van der Waals surface area contributed by atoms with Crippen molar-refractivity contribution in [1.29, 1.82) is 0 Å². The number of thioether (sulfide) groups is 1. The number of amides is 1. The van der Waals surface area contributed by atoms with E-state index in [2.05, 4.69) is 38.1 Å². The minimum atomic E-state index is -0.0333. The van der Waals surface area contributed by atoms with Crippen LogP contribution in [0.25, 0.3) is 0 Å². The summed E-state index contributed by atoms with van der Waals surface area (Å²) in [5, 5.41) is 0. The van der Waals surface area contributed by atoms with Crippen LogP contribution in [0.4, 0.5) is 0 Å². The first-order valence-electron chi connectivity index (χ1n) is 8.65. The minimum Gasteiger partial charge on any atom is -0.456 e. The van der Waals surface area contributed by atoms with Crippen molar-refractivity contribution in [3.63, 3.8) is 0 Å². The van der Waals surface area contributed by atoms with E-state index in [9.17, 15) is 4.79 Å². The third-order valence-electron chi connectivity index (χ3n) is 3.90.